The summed E-state index contributed by atoms with van der Waals surface area (Å²) in [4.78, 5) is 84.4. The van der Waals surface area contributed by atoms with E-state index < -0.39 is 72.1 Å². The maximum Gasteiger partial charge on any atom is 0.305 e. The molecule has 13 heteroatoms. The van der Waals surface area contributed by atoms with E-state index in [0.717, 1.165) is 16.5 Å². The molecule has 44 heavy (non-hydrogen) atoms. The molecule has 0 aliphatic carbocycles. The molecule has 1 aromatic heterocycles. The number of H-pyrrole nitrogens is 1. The predicted molar refractivity (Wildman–Crippen MR) is 161 cm³/mol. The van der Waals surface area contributed by atoms with Gasteiger partial charge in [-0.3, -0.25) is 28.8 Å². The number of hydrogen-bond acceptors (Lipinski definition) is 6. The van der Waals surface area contributed by atoms with Crippen molar-refractivity contribution in [3.05, 3.63) is 36.0 Å². The second kappa shape index (κ2) is 13.9. The van der Waals surface area contributed by atoms with Gasteiger partial charge in [-0.15, -0.1) is 0 Å². The van der Waals surface area contributed by atoms with Gasteiger partial charge in [-0.1, -0.05) is 45.9 Å². The third-order valence-electron chi connectivity index (χ3n) is 8.15. The number of amides is 5. The average molecular weight is 611 g/mol. The normalized spacial score (nSPS) is 25.6. The van der Waals surface area contributed by atoms with Crippen LogP contribution in [0.5, 0.6) is 0 Å². The van der Waals surface area contributed by atoms with Crippen LogP contribution < -0.4 is 21.3 Å². The molecule has 5 amide bonds. The number of para-hydroxylation sites is 1. The van der Waals surface area contributed by atoms with E-state index in [4.69, 9.17) is 0 Å². The van der Waals surface area contributed by atoms with Gasteiger partial charge in [-0.05, 0) is 42.7 Å². The van der Waals surface area contributed by atoms with E-state index in [1.165, 1.54) is 4.90 Å². The molecule has 0 saturated carbocycles. The fourth-order valence-electron chi connectivity index (χ4n) is 5.90. The maximum atomic E-state index is 13.8. The Kier molecular flexibility index (Phi) is 10.3. The number of rotatable bonds is 7. The summed E-state index contributed by atoms with van der Waals surface area (Å²) in [6.45, 7) is 7.49. The number of nitrogens with one attached hydrogen (secondary N) is 5. The highest BCUT2D eigenvalue weighted by atomic mass is 16.4. The van der Waals surface area contributed by atoms with E-state index in [2.05, 4.69) is 26.3 Å². The summed E-state index contributed by atoms with van der Waals surface area (Å²) < 4.78 is 0. The van der Waals surface area contributed by atoms with Gasteiger partial charge in [-0.25, -0.2) is 0 Å². The van der Waals surface area contributed by atoms with Crippen LogP contribution in [0.4, 0.5) is 0 Å². The van der Waals surface area contributed by atoms with Gasteiger partial charge in [0, 0.05) is 30.1 Å². The molecule has 0 radical (unpaired) electrons. The fourth-order valence-corrected chi connectivity index (χ4v) is 5.90. The van der Waals surface area contributed by atoms with Crippen LogP contribution in [0.2, 0.25) is 0 Å². The van der Waals surface area contributed by atoms with E-state index in [0.29, 0.717) is 12.8 Å². The van der Waals surface area contributed by atoms with Crippen LogP contribution >= 0.6 is 0 Å². The number of benzene rings is 1. The van der Waals surface area contributed by atoms with Crippen molar-refractivity contribution in [1.82, 2.24) is 31.2 Å². The van der Waals surface area contributed by atoms with Gasteiger partial charge in [0.25, 0.3) is 0 Å². The minimum atomic E-state index is -1.48. The number of aromatic nitrogens is 1. The molecule has 5 unspecified atom stereocenters. The first-order valence-corrected chi connectivity index (χ1v) is 15.1. The molecule has 5 atom stereocenters. The summed E-state index contributed by atoms with van der Waals surface area (Å²) in [5.74, 6) is -4.86. The van der Waals surface area contributed by atoms with Gasteiger partial charge >= 0.3 is 5.97 Å². The number of carbonyl (C=O) groups excluding carboxylic acids is 5. The molecule has 13 nitrogen and oxygen atoms in total. The molecule has 0 bridgehead atoms. The zero-order chi connectivity index (χ0) is 32.1. The standard InChI is InChI=1S/C31H42N6O7/c1-16(2)12-21-27(40)33-22(13-18-15-32-20-9-6-5-8-19(18)20)28(41)35-23(14-25(38)39)31(44)37-11-7-10-24(37)29(42)36-26(17(3)4)30(43)34-21/h5-6,8-9,15-17,21-24,26,32H,7,10-14H2,1-4H3,(H,33,40)(H,34,43)(H,35,41)(H,36,42)(H,38,39). The first-order valence-electron chi connectivity index (χ1n) is 15.1. The molecule has 3 heterocycles. The molecule has 238 valence electrons. The topological polar surface area (TPSA) is 190 Å². The molecule has 2 aromatic rings. The van der Waals surface area contributed by atoms with Gasteiger partial charge < -0.3 is 36.3 Å². The van der Waals surface area contributed by atoms with Crippen LogP contribution in [0.15, 0.2) is 30.5 Å². The van der Waals surface area contributed by atoms with Crippen molar-refractivity contribution in [2.24, 2.45) is 11.8 Å². The molecule has 1 aromatic carbocycles. The molecule has 6 N–H and O–H groups in total. The predicted octanol–water partition coefficient (Wildman–Crippen LogP) is 0.831. The van der Waals surface area contributed by atoms with Crippen molar-refractivity contribution in [2.45, 2.75) is 90.0 Å². The quantitative estimate of drug-likeness (QED) is 0.268. The lowest BCUT2D eigenvalue weighted by Gasteiger charge is -2.30. The third-order valence-corrected chi connectivity index (χ3v) is 8.15. The third kappa shape index (κ3) is 7.56. The molecule has 2 saturated heterocycles. The zero-order valence-corrected chi connectivity index (χ0v) is 25.5. The summed E-state index contributed by atoms with van der Waals surface area (Å²) in [5.41, 5.74) is 1.55. The Labute approximate surface area is 255 Å². The van der Waals surface area contributed by atoms with Crippen molar-refractivity contribution in [2.75, 3.05) is 6.54 Å². The first-order chi connectivity index (χ1) is 20.8. The van der Waals surface area contributed by atoms with E-state index >= 15 is 0 Å². The van der Waals surface area contributed by atoms with Crippen LogP contribution in [0.3, 0.4) is 0 Å². The number of aromatic amines is 1. The van der Waals surface area contributed by atoms with Crippen LogP contribution in [0.25, 0.3) is 10.9 Å². The van der Waals surface area contributed by atoms with Crippen molar-refractivity contribution in [1.29, 1.82) is 0 Å². The zero-order valence-electron chi connectivity index (χ0n) is 25.5. The molecular formula is C31H42N6O7. The summed E-state index contributed by atoms with van der Waals surface area (Å²) in [7, 11) is 0. The largest absolute Gasteiger partial charge is 0.481 e. The Hall–Kier alpha value is -4.42. The van der Waals surface area contributed by atoms with Crippen LogP contribution in [-0.4, -0.2) is 87.2 Å². The lowest BCUT2D eigenvalue weighted by atomic mass is 9.98. The van der Waals surface area contributed by atoms with Crippen molar-refractivity contribution < 1.29 is 33.9 Å². The van der Waals surface area contributed by atoms with E-state index in [1.54, 1.807) is 20.0 Å². The number of carboxylic acid groups (broad SMARTS) is 1. The van der Waals surface area contributed by atoms with Gasteiger partial charge in [0.1, 0.15) is 30.2 Å². The lowest BCUT2D eigenvalue weighted by Crippen LogP contribution is -2.59. The molecule has 2 aliphatic rings. The van der Waals surface area contributed by atoms with E-state index in [-0.39, 0.29) is 31.2 Å². The van der Waals surface area contributed by atoms with Crippen molar-refractivity contribution in [3.63, 3.8) is 0 Å². The monoisotopic (exact) mass is 610 g/mol. The number of aliphatic carboxylic acids is 1. The number of fused-ring (bicyclic) bond motifs is 2. The van der Waals surface area contributed by atoms with Gasteiger partial charge in [0.15, 0.2) is 0 Å². The average Bonchev–Trinajstić information content (AvgIpc) is 3.61. The lowest BCUT2D eigenvalue weighted by molar-refractivity contribution is -0.146. The highest BCUT2D eigenvalue weighted by Crippen LogP contribution is 2.22. The van der Waals surface area contributed by atoms with Crippen LogP contribution in [0.1, 0.15) is 58.9 Å². The SMILES string of the molecule is CC(C)CC1NC(=O)C(C(C)C)NC(=O)C2CCCN2C(=O)C(CC(=O)O)NC(=O)C(Cc2c[nH]c3ccccc23)NC1=O. The van der Waals surface area contributed by atoms with Crippen molar-refractivity contribution in [3.8, 4) is 0 Å². The number of nitrogens with zero attached hydrogens (tertiary/aromatic N) is 1. The van der Waals surface area contributed by atoms with E-state index in [9.17, 15) is 33.9 Å². The minimum absolute atomic E-state index is 0.00858. The summed E-state index contributed by atoms with van der Waals surface area (Å²) in [5, 5.41) is 21.3. The Morgan fingerprint density at radius 2 is 1.55 bits per heavy atom. The highest BCUT2D eigenvalue weighted by Gasteiger charge is 2.41. The Bertz CT molecular complexity index is 1420. The van der Waals surface area contributed by atoms with Gasteiger partial charge in [0.2, 0.25) is 29.5 Å². The Morgan fingerprint density at radius 3 is 2.23 bits per heavy atom. The number of hydrogen-bond donors (Lipinski definition) is 6. The molecule has 2 fully saturated rings. The smallest absolute Gasteiger partial charge is 0.305 e. The highest BCUT2D eigenvalue weighted by molar-refractivity contribution is 5.99. The molecular weight excluding hydrogens is 568 g/mol. The Morgan fingerprint density at radius 1 is 0.886 bits per heavy atom. The second-order valence-corrected chi connectivity index (χ2v) is 12.4. The number of carbonyl (C=O) groups is 6. The minimum Gasteiger partial charge on any atom is -0.481 e. The van der Waals surface area contributed by atoms with Crippen molar-refractivity contribution >= 4 is 46.4 Å². The van der Waals surface area contributed by atoms with Crippen LogP contribution in [-0.2, 0) is 35.2 Å². The molecule has 4 rings (SSSR count). The first kappa shape index (κ1) is 32.5. The number of carboxylic acids is 1. The maximum absolute atomic E-state index is 13.8. The Balaban J connectivity index is 1.76. The van der Waals surface area contributed by atoms with Gasteiger partial charge in [-0.2, -0.15) is 0 Å². The van der Waals surface area contributed by atoms with E-state index in [1.807, 2.05) is 38.1 Å². The summed E-state index contributed by atoms with van der Waals surface area (Å²) in [6.07, 6.45) is 2.11. The molecule has 2 aliphatic heterocycles. The van der Waals surface area contributed by atoms with Crippen LogP contribution in [0, 0.1) is 11.8 Å². The summed E-state index contributed by atoms with van der Waals surface area (Å²) in [6, 6.07) is 1.79. The second-order valence-electron chi connectivity index (χ2n) is 12.4. The summed E-state index contributed by atoms with van der Waals surface area (Å²) >= 11 is 0. The van der Waals surface area contributed by atoms with Gasteiger partial charge in [0.05, 0.1) is 6.42 Å². The molecule has 0 spiro atoms. The fraction of sp³-hybridized carbons (Fsp3) is 0.548.